The highest BCUT2D eigenvalue weighted by atomic mass is 16.6. The topological polar surface area (TPSA) is 86.5 Å². The van der Waals surface area contributed by atoms with E-state index in [2.05, 4.69) is 0 Å². The van der Waals surface area contributed by atoms with E-state index in [0.717, 1.165) is 0 Å². The van der Waals surface area contributed by atoms with Gasteiger partial charge in [0.1, 0.15) is 11.2 Å². The van der Waals surface area contributed by atoms with Gasteiger partial charge in [-0.15, -0.1) is 0 Å². The van der Waals surface area contributed by atoms with Crippen molar-refractivity contribution in [3.05, 3.63) is 10.1 Å². The predicted molar refractivity (Wildman–Crippen MR) is 54.3 cm³/mol. The molecular formula is C10H15NO5. The lowest BCUT2D eigenvalue weighted by Gasteiger charge is -2.27. The normalized spacial score (nSPS) is 26.2. The summed E-state index contributed by atoms with van der Waals surface area (Å²) in [6.45, 7) is 2.84. The highest BCUT2D eigenvalue weighted by Gasteiger charge is 2.55. The molecule has 0 spiro atoms. The molecule has 0 saturated carbocycles. The number of nitro groups is 1. The molecule has 0 aromatic rings. The quantitative estimate of drug-likeness (QED) is 0.301. The van der Waals surface area contributed by atoms with Crippen molar-refractivity contribution >= 4 is 11.8 Å². The number of cyclic esters (lactones) is 1. The van der Waals surface area contributed by atoms with E-state index in [1.165, 1.54) is 6.92 Å². The fraction of sp³-hybridized carbons (Fsp3) is 0.800. The van der Waals surface area contributed by atoms with Crippen LogP contribution in [0.25, 0.3) is 0 Å². The number of rotatable bonds is 5. The number of carbonyl (C=O) groups excluding carboxylic acids is 2. The van der Waals surface area contributed by atoms with Crippen LogP contribution in [-0.4, -0.2) is 29.8 Å². The molecule has 1 saturated heterocycles. The molecular weight excluding hydrogens is 214 g/mol. The Morgan fingerprint density at radius 3 is 2.62 bits per heavy atom. The van der Waals surface area contributed by atoms with Gasteiger partial charge in [0.25, 0.3) is 0 Å². The molecule has 16 heavy (non-hydrogen) atoms. The van der Waals surface area contributed by atoms with Crippen LogP contribution in [0, 0.1) is 21.4 Å². The Kier molecular flexibility index (Phi) is 3.62. The first-order chi connectivity index (χ1) is 7.45. The van der Waals surface area contributed by atoms with Crippen LogP contribution >= 0.6 is 0 Å². The average molecular weight is 229 g/mol. The van der Waals surface area contributed by atoms with Gasteiger partial charge in [0.15, 0.2) is 0 Å². The number of nitrogens with zero attached hydrogens (tertiary/aromatic N) is 1. The predicted octanol–water partition coefficient (Wildman–Crippen LogP) is 0.812. The molecule has 0 aromatic heterocycles. The summed E-state index contributed by atoms with van der Waals surface area (Å²) in [4.78, 5) is 33.3. The fourth-order valence-corrected chi connectivity index (χ4v) is 2.33. The monoisotopic (exact) mass is 229 g/mol. The van der Waals surface area contributed by atoms with Crippen LogP contribution in [0.15, 0.2) is 0 Å². The number of Topliss-reactive ketones (excluding diaryl/α,β-unsaturated/α-hetero) is 1. The molecule has 0 unspecified atom stereocenters. The van der Waals surface area contributed by atoms with E-state index in [-0.39, 0.29) is 25.4 Å². The number of ether oxygens (including phenoxy) is 1. The van der Waals surface area contributed by atoms with Gasteiger partial charge in [0, 0.05) is 17.3 Å². The molecule has 2 atom stereocenters. The van der Waals surface area contributed by atoms with E-state index < -0.39 is 22.2 Å². The third-order valence-electron chi connectivity index (χ3n) is 3.28. The van der Waals surface area contributed by atoms with Crippen LogP contribution in [0.3, 0.4) is 0 Å². The maximum Gasteiger partial charge on any atom is 0.320 e. The summed E-state index contributed by atoms with van der Waals surface area (Å²) < 4.78 is 4.81. The van der Waals surface area contributed by atoms with Crippen molar-refractivity contribution < 1.29 is 19.2 Å². The average Bonchev–Trinajstić information content (AvgIpc) is 2.57. The van der Waals surface area contributed by atoms with Crippen LogP contribution in [-0.2, 0) is 14.3 Å². The van der Waals surface area contributed by atoms with E-state index in [9.17, 15) is 19.7 Å². The highest BCUT2D eigenvalue weighted by Crippen LogP contribution is 2.40. The Balaban J connectivity index is 3.04. The van der Waals surface area contributed by atoms with E-state index in [1.54, 1.807) is 6.92 Å². The van der Waals surface area contributed by atoms with E-state index in [1.807, 2.05) is 0 Å². The maximum atomic E-state index is 11.7. The Hall–Kier alpha value is -1.46. The second-order valence-corrected chi connectivity index (χ2v) is 4.03. The van der Waals surface area contributed by atoms with Crippen molar-refractivity contribution in [2.24, 2.45) is 11.3 Å². The lowest BCUT2D eigenvalue weighted by molar-refractivity contribution is -0.490. The number of hydrogen-bond donors (Lipinski definition) is 0. The van der Waals surface area contributed by atoms with Crippen molar-refractivity contribution in [2.75, 3.05) is 13.2 Å². The Bertz CT molecular complexity index is 327. The summed E-state index contributed by atoms with van der Waals surface area (Å²) in [6, 6.07) is 0. The number of esters is 1. The Labute approximate surface area is 93.1 Å². The first-order valence-corrected chi connectivity index (χ1v) is 5.25. The minimum atomic E-state index is -1.29. The van der Waals surface area contributed by atoms with Crippen LogP contribution in [0.4, 0.5) is 0 Å². The zero-order chi connectivity index (χ0) is 12.3. The van der Waals surface area contributed by atoms with Crippen molar-refractivity contribution in [1.29, 1.82) is 0 Å². The van der Waals surface area contributed by atoms with Crippen LogP contribution in [0.2, 0.25) is 0 Å². The summed E-state index contributed by atoms with van der Waals surface area (Å²) in [5.41, 5.74) is -1.29. The molecule has 0 bridgehead atoms. The Morgan fingerprint density at radius 2 is 2.31 bits per heavy atom. The van der Waals surface area contributed by atoms with Crippen molar-refractivity contribution in [2.45, 2.75) is 26.7 Å². The minimum Gasteiger partial charge on any atom is -0.465 e. The van der Waals surface area contributed by atoms with Gasteiger partial charge in [-0.3, -0.25) is 19.7 Å². The molecule has 0 aromatic carbocycles. The molecule has 1 heterocycles. The van der Waals surface area contributed by atoms with E-state index in [0.29, 0.717) is 6.42 Å². The maximum absolute atomic E-state index is 11.7. The lowest BCUT2D eigenvalue weighted by atomic mass is 9.70. The molecule has 6 heteroatoms. The fourth-order valence-electron chi connectivity index (χ4n) is 2.33. The first-order valence-electron chi connectivity index (χ1n) is 5.25. The summed E-state index contributed by atoms with van der Waals surface area (Å²) in [5, 5.41) is 10.5. The molecule has 1 aliphatic heterocycles. The summed E-state index contributed by atoms with van der Waals surface area (Å²) in [6.07, 6.45) is 0.670. The lowest BCUT2D eigenvalue weighted by Crippen LogP contribution is -2.44. The van der Waals surface area contributed by atoms with Crippen LogP contribution in [0.1, 0.15) is 26.7 Å². The molecule has 1 fully saturated rings. The molecule has 0 N–H and O–H groups in total. The van der Waals surface area contributed by atoms with Crippen molar-refractivity contribution in [3.8, 4) is 0 Å². The van der Waals surface area contributed by atoms with Crippen molar-refractivity contribution in [1.82, 2.24) is 0 Å². The molecule has 90 valence electrons. The summed E-state index contributed by atoms with van der Waals surface area (Å²) in [7, 11) is 0. The molecule has 0 amide bonds. The third-order valence-corrected chi connectivity index (χ3v) is 3.28. The second kappa shape index (κ2) is 4.59. The van der Waals surface area contributed by atoms with E-state index in [4.69, 9.17) is 4.74 Å². The molecule has 0 radical (unpaired) electrons. The second-order valence-electron chi connectivity index (χ2n) is 4.03. The van der Waals surface area contributed by atoms with Crippen molar-refractivity contribution in [3.63, 3.8) is 0 Å². The number of hydrogen-bond acceptors (Lipinski definition) is 5. The zero-order valence-electron chi connectivity index (χ0n) is 9.39. The molecule has 0 aliphatic carbocycles. The van der Waals surface area contributed by atoms with Crippen LogP contribution in [0.5, 0.6) is 0 Å². The van der Waals surface area contributed by atoms with Gasteiger partial charge in [0.2, 0.25) is 6.54 Å². The summed E-state index contributed by atoms with van der Waals surface area (Å²) in [5.74, 6) is -1.51. The molecule has 6 nitrogen and oxygen atoms in total. The smallest absolute Gasteiger partial charge is 0.320 e. The standard InChI is InChI=1S/C10H15NO5/c1-3-8(6-11(14)15)10(7(2)12)4-5-16-9(10)13/h8H,3-6H2,1-2H3/t8-,10+/m0/s1. The molecule has 1 aliphatic rings. The van der Waals surface area contributed by atoms with Gasteiger partial charge in [-0.05, 0) is 13.3 Å². The van der Waals surface area contributed by atoms with Gasteiger partial charge < -0.3 is 4.74 Å². The minimum absolute atomic E-state index is 0.173. The number of ketones is 1. The van der Waals surface area contributed by atoms with Gasteiger partial charge in [-0.2, -0.15) is 0 Å². The third kappa shape index (κ3) is 1.91. The summed E-state index contributed by atoms with van der Waals surface area (Å²) >= 11 is 0. The van der Waals surface area contributed by atoms with Gasteiger partial charge >= 0.3 is 5.97 Å². The molecule has 1 rings (SSSR count). The van der Waals surface area contributed by atoms with Gasteiger partial charge in [0.05, 0.1) is 6.61 Å². The highest BCUT2D eigenvalue weighted by molar-refractivity contribution is 6.04. The van der Waals surface area contributed by atoms with Gasteiger partial charge in [-0.1, -0.05) is 6.92 Å². The van der Waals surface area contributed by atoms with E-state index >= 15 is 0 Å². The van der Waals surface area contributed by atoms with Gasteiger partial charge in [-0.25, -0.2) is 0 Å². The first kappa shape index (κ1) is 12.6. The van der Waals surface area contributed by atoms with Crippen LogP contribution < -0.4 is 0 Å². The number of carbonyl (C=O) groups is 2. The zero-order valence-corrected chi connectivity index (χ0v) is 9.39. The SMILES string of the molecule is CC[C@@H](C[N+](=O)[O-])[C@]1(C(C)=O)CCOC1=O. The largest absolute Gasteiger partial charge is 0.465 e. The Morgan fingerprint density at radius 1 is 1.69 bits per heavy atom.